The summed E-state index contributed by atoms with van der Waals surface area (Å²) in [5.41, 5.74) is 1.27. The number of thioether (sulfide) groups is 1. The van der Waals surface area contributed by atoms with Gasteiger partial charge in [0.25, 0.3) is 0 Å². The molecule has 1 heterocycles. The van der Waals surface area contributed by atoms with Gasteiger partial charge in [-0.1, -0.05) is 39.8 Å². The molecule has 0 N–H and O–H groups in total. The highest BCUT2D eigenvalue weighted by atomic mass is 79.9. The zero-order valence-corrected chi connectivity index (χ0v) is 11.5. The molecule has 0 bridgehead atoms. The number of halogens is 1. The standard InChI is InChI=1S/C11H11BrN4S/c12-9-3-1-2-8(6-9)7-17-11-13-14-15-16(11)10-4-5-10/h1-3,6,10H,4-5,7H2. The third-order valence-electron chi connectivity index (χ3n) is 2.61. The summed E-state index contributed by atoms with van der Waals surface area (Å²) in [6.07, 6.45) is 2.41. The third-order valence-corrected chi connectivity index (χ3v) is 4.11. The average molecular weight is 311 g/mol. The first-order valence-electron chi connectivity index (χ1n) is 5.48. The van der Waals surface area contributed by atoms with Crippen LogP contribution in [0.25, 0.3) is 0 Å². The quantitative estimate of drug-likeness (QED) is 0.814. The van der Waals surface area contributed by atoms with Crippen molar-refractivity contribution in [2.75, 3.05) is 0 Å². The van der Waals surface area contributed by atoms with E-state index in [4.69, 9.17) is 0 Å². The van der Waals surface area contributed by atoms with Crippen molar-refractivity contribution in [1.82, 2.24) is 20.2 Å². The molecule has 0 radical (unpaired) electrons. The highest BCUT2D eigenvalue weighted by Crippen LogP contribution is 2.36. The van der Waals surface area contributed by atoms with Crippen LogP contribution in [0.2, 0.25) is 0 Å². The lowest BCUT2D eigenvalue weighted by atomic mass is 10.2. The Labute approximate surface area is 112 Å². The van der Waals surface area contributed by atoms with E-state index in [1.54, 1.807) is 11.8 Å². The maximum Gasteiger partial charge on any atom is 0.209 e. The van der Waals surface area contributed by atoms with E-state index in [9.17, 15) is 0 Å². The van der Waals surface area contributed by atoms with Gasteiger partial charge in [0.05, 0.1) is 6.04 Å². The maximum absolute atomic E-state index is 4.07. The van der Waals surface area contributed by atoms with Crippen molar-refractivity contribution in [2.45, 2.75) is 29.8 Å². The van der Waals surface area contributed by atoms with Crippen molar-refractivity contribution in [3.8, 4) is 0 Å². The molecule has 1 aliphatic carbocycles. The molecule has 3 rings (SSSR count). The summed E-state index contributed by atoms with van der Waals surface area (Å²) in [5, 5.41) is 12.8. The zero-order valence-electron chi connectivity index (χ0n) is 9.08. The summed E-state index contributed by atoms with van der Waals surface area (Å²) in [6, 6.07) is 8.85. The van der Waals surface area contributed by atoms with Crippen LogP contribution in [-0.2, 0) is 5.75 Å². The molecule has 1 aromatic heterocycles. The van der Waals surface area contributed by atoms with Gasteiger partial charge in [-0.2, -0.15) is 0 Å². The molecule has 0 amide bonds. The Balaban J connectivity index is 1.69. The molecule has 1 aromatic carbocycles. The Morgan fingerprint density at radius 2 is 2.29 bits per heavy atom. The number of tetrazole rings is 1. The van der Waals surface area contributed by atoms with Gasteiger partial charge in [-0.3, -0.25) is 0 Å². The summed E-state index contributed by atoms with van der Waals surface area (Å²) in [4.78, 5) is 0. The Hall–Kier alpha value is -0.880. The fourth-order valence-electron chi connectivity index (χ4n) is 1.60. The Bertz CT molecular complexity index is 524. The van der Waals surface area contributed by atoms with E-state index in [-0.39, 0.29) is 0 Å². The van der Waals surface area contributed by atoms with E-state index in [1.807, 2.05) is 16.8 Å². The van der Waals surface area contributed by atoms with Crippen LogP contribution < -0.4 is 0 Å². The molecule has 0 unspecified atom stereocenters. The van der Waals surface area contributed by atoms with Gasteiger partial charge in [0.15, 0.2) is 0 Å². The van der Waals surface area contributed by atoms with Crippen LogP contribution in [0.4, 0.5) is 0 Å². The van der Waals surface area contributed by atoms with Crippen LogP contribution >= 0.6 is 27.7 Å². The van der Waals surface area contributed by atoms with Crippen molar-refractivity contribution in [2.24, 2.45) is 0 Å². The summed E-state index contributed by atoms with van der Waals surface area (Å²) in [6.45, 7) is 0. The monoisotopic (exact) mass is 310 g/mol. The maximum atomic E-state index is 4.07. The SMILES string of the molecule is Brc1cccc(CSc2nnnn2C2CC2)c1. The van der Waals surface area contributed by atoms with Gasteiger partial charge in [-0.25, -0.2) is 4.68 Å². The van der Waals surface area contributed by atoms with Crippen LogP contribution in [0, 0.1) is 0 Å². The topological polar surface area (TPSA) is 43.6 Å². The molecule has 0 aliphatic heterocycles. The van der Waals surface area contributed by atoms with E-state index in [0.717, 1.165) is 15.4 Å². The zero-order chi connectivity index (χ0) is 11.7. The number of nitrogens with zero attached hydrogens (tertiary/aromatic N) is 4. The third kappa shape index (κ3) is 2.69. The van der Waals surface area contributed by atoms with Crippen LogP contribution in [0.3, 0.4) is 0 Å². The van der Waals surface area contributed by atoms with Crippen LogP contribution in [-0.4, -0.2) is 20.2 Å². The smallest absolute Gasteiger partial charge is 0.209 e. The van der Waals surface area contributed by atoms with Crippen LogP contribution in [0.5, 0.6) is 0 Å². The van der Waals surface area contributed by atoms with Gasteiger partial charge < -0.3 is 0 Å². The molecule has 1 aliphatic rings. The minimum Gasteiger partial charge on any atom is -0.217 e. The molecule has 88 valence electrons. The van der Waals surface area contributed by atoms with Gasteiger partial charge in [0.1, 0.15) is 0 Å². The highest BCUT2D eigenvalue weighted by Gasteiger charge is 2.27. The molecular weight excluding hydrogens is 300 g/mol. The van der Waals surface area contributed by atoms with E-state index in [0.29, 0.717) is 6.04 Å². The largest absolute Gasteiger partial charge is 0.217 e. The second-order valence-corrected chi connectivity index (χ2v) is 5.91. The van der Waals surface area contributed by atoms with Crippen molar-refractivity contribution < 1.29 is 0 Å². The summed E-state index contributed by atoms with van der Waals surface area (Å²) >= 11 is 5.16. The second-order valence-electron chi connectivity index (χ2n) is 4.06. The van der Waals surface area contributed by atoms with Gasteiger partial charge in [-0.05, 0) is 41.0 Å². The van der Waals surface area contributed by atoms with E-state index in [2.05, 4.69) is 43.6 Å². The Kier molecular flexibility index (Phi) is 3.15. The first-order valence-corrected chi connectivity index (χ1v) is 7.26. The molecule has 17 heavy (non-hydrogen) atoms. The average Bonchev–Trinajstić information content (AvgIpc) is 3.06. The van der Waals surface area contributed by atoms with E-state index < -0.39 is 0 Å². The normalized spacial score (nSPS) is 15.1. The number of hydrogen-bond donors (Lipinski definition) is 0. The van der Waals surface area contributed by atoms with Crippen LogP contribution in [0.1, 0.15) is 24.4 Å². The molecule has 0 saturated heterocycles. The lowest BCUT2D eigenvalue weighted by Gasteiger charge is -2.02. The van der Waals surface area contributed by atoms with Gasteiger partial charge in [-0.15, -0.1) is 5.10 Å². The van der Waals surface area contributed by atoms with Gasteiger partial charge in [0.2, 0.25) is 5.16 Å². The molecule has 2 aromatic rings. The minimum absolute atomic E-state index is 0.537. The molecule has 1 saturated carbocycles. The lowest BCUT2D eigenvalue weighted by molar-refractivity contribution is 0.565. The van der Waals surface area contributed by atoms with E-state index >= 15 is 0 Å². The predicted molar refractivity (Wildman–Crippen MR) is 69.8 cm³/mol. The van der Waals surface area contributed by atoms with E-state index in [1.165, 1.54) is 18.4 Å². The number of rotatable bonds is 4. The summed E-state index contributed by atoms with van der Waals surface area (Å²) < 4.78 is 3.06. The molecule has 0 atom stereocenters. The fraction of sp³-hybridized carbons (Fsp3) is 0.364. The van der Waals surface area contributed by atoms with Crippen molar-refractivity contribution in [3.05, 3.63) is 34.3 Å². The Morgan fingerprint density at radius 1 is 1.41 bits per heavy atom. The fourth-order valence-corrected chi connectivity index (χ4v) is 2.94. The number of hydrogen-bond acceptors (Lipinski definition) is 4. The Morgan fingerprint density at radius 3 is 3.06 bits per heavy atom. The first kappa shape index (κ1) is 11.2. The summed E-state index contributed by atoms with van der Waals surface area (Å²) in [7, 11) is 0. The molecule has 4 nitrogen and oxygen atoms in total. The first-order chi connectivity index (χ1) is 8.33. The number of benzene rings is 1. The molecular formula is C11H11BrN4S. The predicted octanol–water partition coefficient (Wildman–Crippen LogP) is 3.06. The molecule has 1 fully saturated rings. The summed E-state index contributed by atoms with van der Waals surface area (Å²) in [5.74, 6) is 0.895. The van der Waals surface area contributed by atoms with Crippen molar-refractivity contribution >= 4 is 27.7 Å². The van der Waals surface area contributed by atoms with Gasteiger partial charge >= 0.3 is 0 Å². The second kappa shape index (κ2) is 4.78. The highest BCUT2D eigenvalue weighted by molar-refractivity contribution is 9.10. The van der Waals surface area contributed by atoms with Gasteiger partial charge in [0, 0.05) is 10.2 Å². The minimum atomic E-state index is 0.537. The van der Waals surface area contributed by atoms with Crippen LogP contribution in [0.15, 0.2) is 33.9 Å². The van der Waals surface area contributed by atoms with Crippen molar-refractivity contribution in [3.63, 3.8) is 0 Å². The molecule has 0 spiro atoms. The van der Waals surface area contributed by atoms with Crippen molar-refractivity contribution in [1.29, 1.82) is 0 Å². The lowest BCUT2D eigenvalue weighted by Crippen LogP contribution is -1.98. The number of aromatic nitrogens is 4. The molecule has 6 heteroatoms.